The topological polar surface area (TPSA) is 26.3 Å². The Balaban J connectivity index is 1.58. The second-order valence-electron chi connectivity index (χ2n) is 9.07. The number of alkyl halides is 1. The smallest absolute Gasteiger partial charge is 0.155 e. The maximum Gasteiger partial charge on any atom is 0.155 e. The Kier molecular flexibility index (Phi) is 4.64. The average molecular weight is 442 g/mol. The van der Waals surface area contributed by atoms with Crippen LogP contribution in [0.15, 0.2) is 11.6 Å². The lowest BCUT2D eigenvalue weighted by atomic mass is 9.51. The molecule has 0 aromatic rings. The predicted molar refractivity (Wildman–Crippen MR) is 105 cm³/mol. The van der Waals surface area contributed by atoms with Gasteiger partial charge in [-0.2, -0.15) is 0 Å². The standard InChI is InChI=1S/C21H31IO2/c1-20-9-7-17-16-6-4-15(23)13-14(16)3-5-18(17)19(20)8-10-21(20,2)24-12-11-22/h13,16-19H,3-12H2,1-2H3. The van der Waals surface area contributed by atoms with Crippen LogP contribution in [0.3, 0.4) is 0 Å². The van der Waals surface area contributed by atoms with E-state index in [1.54, 1.807) is 0 Å². The Morgan fingerprint density at radius 2 is 1.96 bits per heavy atom. The number of carbonyl (C=O) groups is 1. The van der Waals surface area contributed by atoms with Gasteiger partial charge in [0.25, 0.3) is 0 Å². The minimum absolute atomic E-state index is 0.0758. The van der Waals surface area contributed by atoms with E-state index in [1.165, 1.54) is 44.1 Å². The zero-order valence-corrected chi connectivity index (χ0v) is 17.3. The van der Waals surface area contributed by atoms with Gasteiger partial charge in [-0.3, -0.25) is 4.79 Å². The summed E-state index contributed by atoms with van der Waals surface area (Å²) in [6.07, 6.45) is 11.7. The third-order valence-electron chi connectivity index (χ3n) is 8.33. The monoisotopic (exact) mass is 442 g/mol. The highest BCUT2D eigenvalue weighted by Gasteiger charge is 2.61. The molecule has 4 aliphatic carbocycles. The molecule has 0 amide bonds. The Labute approximate surface area is 160 Å². The van der Waals surface area contributed by atoms with Crippen molar-refractivity contribution in [2.75, 3.05) is 11.0 Å². The van der Waals surface area contributed by atoms with Crippen LogP contribution in [0.5, 0.6) is 0 Å². The van der Waals surface area contributed by atoms with Gasteiger partial charge in [-0.15, -0.1) is 0 Å². The number of carbonyl (C=O) groups excluding carboxylic acids is 1. The highest BCUT2D eigenvalue weighted by Crippen LogP contribution is 2.65. The van der Waals surface area contributed by atoms with E-state index in [4.69, 9.17) is 4.74 Å². The summed E-state index contributed by atoms with van der Waals surface area (Å²) >= 11 is 2.43. The van der Waals surface area contributed by atoms with Crippen LogP contribution in [-0.2, 0) is 9.53 Å². The summed E-state index contributed by atoms with van der Waals surface area (Å²) in [7, 11) is 0. The number of rotatable bonds is 3. The van der Waals surface area contributed by atoms with E-state index in [0.29, 0.717) is 17.1 Å². The molecule has 4 aliphatic rings. The first-order chi connectivity index (χ1) is 11.5. The quantitative estimate of drug-likeness (QED) is 0.436. The summed E-state index contributed by atoms with van der Waals surface area (Å²) in [5.41, 5.74) is 1.93. The molecule has 0 spiro atoms. The zero-order valence-electron chi connectivity index (χ0n) is 15.2. The van der Waals surface area contributed by atoms with E-state index < -0.39 is 0 Å². The van der Waals surface area contributed by atoms with E-state index in [2.05, 4.69) is 36.4 Å². The van der Waals surface area contributed by atoms with Crippen LogP contribution in [-0.4, -0.2) is 22.4 Å². The highest BCUT2D eigenvalue weighted by atomic mass is 127. The van der Waals surface area contributed by atoms with E-state index >= 15 is 0 Å². The van der Waals surface area contributed by atoms with Crippen molar-refractivity contribution in [3.05, 3.63) is 11.6 Å². The molecule has 0 N–H and O–H groups in total. The molecular formula is C21H31IO2. The number of halogens is 1. The molecule has 0 heterocycles. The van der Waals surface area contributed by atoms with Crippen LogP contribution in [0.4, 0.5) is 0 Å². The summed E-state index contributed by atoms with van der Waals surface area (Å²) in [6.45, 7) is 5.82. The van der Waals surface area contributed by atoms with Gasteiger partial charge < -0.3 is 4.74 Å². The maximum absolute atomic E-state index is 11.8. The van der Waals surface area contributed by atoms with Crippen molar-refractivity contribution in [3.63, 3.8) is 0 Å². The predicted octanol–water partition coefficient (Wildman–Crippen LogP) is 5.34. The van der Waals surface area contributed by atoms with Gasteiger partial charge in [0.05, 0.1) is 12.2 Å². The van der Waals surface area contributed by atoms with Gasteiger partial charge in [0.1, 0.15) is 0 Å². The summed E-state index contributed by atoms with van der Waals surface area (Å²) in [4.78, 5) is 11.8. The number of fused-ring (bicyclic) bond motifs is 5. The molecule has 134 valence electrons. The van der Waals surface area contributed by atoms with Gasteiger partial charge >= 0.3 is 0 Å². The molecule has 6 atom stereocenters. The number of ketones is 1. The Bertz CT molecular complexity index is 556. The number of allylic oxidation sites excluding steroid dienone is 1. The molecule has 0 radical (unpaired) electrons. The van der Waals surface area contributed by atoms with Crippen LogP contribution in [0.2, 0.25) is 0 Å². The molecule has 3 heteroatoms. The van der Waals surface area contributed by atoms with Crippen molar-refractivity contribution in [1.29, 1.82) is 0 Å². The van der Waals surface area contributed by atoms with E-state index in [9.17, 15) is 4.79 Å². The molecule has 0 bridgehead atoms. The Morgan fingerprint density at radius 1 is 1.12 bits per heavy atom. The SMILES string of the molecule is CC1(OCCI)CCC2C3CCC4=CC(=O)CCC4C3CCC21C. The van der Waals surface area contributed by atoms with Crippen LogP contribution in [0.25, 0.3) is 0 Å². The summed E-state index contributed by atoms with van der Waals surface area (Å²) in [5, 5.41) is 0. The van der Waals surface area contributed by atoms with E-state index in [-0.39, 0.29) is 5.60 Å². The first kappa shape index (κ1) is 17.5. The highest BCUT2D eigenvalue weighted by molar-refractivity contribution is 14.1. The van der Waals surface area contributed by atoms with E-state index in [1.807, 2.05) is 6.08 Å². The fourth-order valence-electron chi connectivity index (χ4n) is 6.91. The molecule has 0 aromatic heterocycles. The molecule has 0 aliphatic heterocycles. The van der Waals surface area contributed by atoms with Gasteiger partial charge in [0.15, 0.2) is 5.78 Å². The molecule has 4 rings (SSSR count). The Morgan fingerprint density at radius 3 is 2.75 bits per heavy atom. The number of hydrogen-bond donors (Lipinski definition) is 0. The molecule has 6 unspecified atom stereocenters. The minimum atomic E-state index is 0.0758. The van der Waals surface area contributed by atoms with Crippen LogP contribution in [0.1, 0.15) is 65.2 Å². The van der Waals surface area contributed by atoms with Gasteiger partial charge in [0.2, 0.25) is 0 Å². The van der Waals surface area contributed by atoms with Gasteiger partial charge in [-0.05, 0) is 87.0 Å². The lowest BCUT2D eigenvalue weighted by Crippen LogP contribution is -2.52. The summed E-state index contributed by atoms with van der Waals surface area (Å²) < 4.78 is 7.54. The maximum atomic E-state index is 11.8. The third-order valence-corrected chi connectivity index (χ3v) is 8.77. The van der Waals surface area contributed by atoms with E-state index in [0.717, 1.165) is 41.6 Å². The lowest BCUT2D eigenvalue weighted by molar-refractivity contribution is -0.139. The zero-order chi connectivity index (χ0) is 16.9. The van der Waals surface area contributed by atoms with Crippen molar-refractivity contribution in [2.45, 2.75) is 70.8 Å². The largest absolute Gasteiger partial charge is 0.374 e. The van der Waals surface area contributed by atoms with Crippen molar-refractivity contribution < 1.29 is 9.53 Å². The molecule has 3 fully saturated rings. The minimum Gasteiger partial charge on any atom is -0.374 e. The van der Waals surface area contributed by atoms with Gasteiger partial charge in [-0.25, -0.2) is 0 Å². The van der Waals surface area contributed by atoms with Gasteiger partial charge in [0, 0.05) is 10.8 Å². The molecular weight excluding hydrogens is 411 g/mol. The molecule has 2 nitrogen and oxygen atoms in total. The molecule has 0 aromatic carbocycles. The van der Waals surface area contributed by atoms with Crippen LogP contribution >= 0.6 is 22.6 Å². The van der Waals surface area contributed by atoms with Crippen molar-refractivity contribution >= 4 is 28.4 Å². The fraction of sp³-hybridized carbons (Fsp3) is 0.857. The van der Waals surface area contributed by atoms with Crippen molar-refractivity contribution in [2.24, 2.45) is 29.1 Å². The third kappa shape index (κ3) is 2.55. The van der Waals surface area contributed by atoms with Crippen LogP contribution in [0, 0.1) is 29.1 Å². The summed E-state index contributed by atoms with van der Waals surface area (Å²) in [5.74, 6) is 3.62. The summed E-state index contributed by atoms with van der Waals surface area (Å²) in [6, 6.07) is 0. The number of hydrogen-bond acceptors (Lipinski definition) is 2. The van der Waals surface area contributed by atoms with Gasteiger partial charge in [-0.1, -0.05) is 35.1 Å². The van der Waals surface area contributed by atoms with Crippen LogP contribution < -0.4 is 0 Å². The second-order valence-corrected chi connectivity index (χ2v) is 10.1. The first-order valence-corrected chi connectivity index (χ1v) is 11.4. The second kappa shape index (κ2) is 6.37. The van der Waals surface area contributed by atoms with Crippen molar-refractivity contribution in [3.8, 4) is 0 Å². The lowest BCUT2D eigenvalue weighted by Gasteiger charge is -2.56. The normalized spacial score (nSPS) is 47.6. The van der Waals surface area contributed by atoms with Crippen molar-refractivity contribution in [1.82, 2.24) is 0 Å². The Hall–Kier alpha value is 0.1000. The average Bonchev–Trinajstić information content (AvgIpc) is 2.84. The fourth-order valence-corrected chi connectivity index (χ4v) is 7.13. The molecule has 3 saturated carbocycles. The first-order valence-electron chi connectivity index (χ1n) is 9.92. The number of ether oxygens (including phenoxy) is 1. The molecule has 24 heavy (non-hydrogen) atoms. The molecule has 0 saturated heterocycles.